The maximum atomic E-state index is 13.7. The molecule has 38 heavy (non-hydrogen) atoms. The fourth-order valence-electron chi connectivity index (χ4n) is 4.88. The third-order valence-corrected chi connectivity index (χ3v) is 9.07. The number of halogens is 6. The van der Waals surface area contributed by atoms with Crippen LogP contribution in [0.2, 0.25) is 5.02 Å². The van der Waals surface area contributed by atoms with Crippen LogP contribution in [0.4, 0.5) is 22.0 Å². The molecule has 4 heterocycles. The predicted octanol–water partition coefficient (Wildman–Crippen LogP) is 4.84. The highest BCUT2D eigenvalue weighted by atomic mass is 35.5. The van der Waals surface area contributed by atoms with Crippen LogP contribution in [0.25, 0.3) is 11.3 Å². The molecular formula is C24H18ClF5N4O3S. The molecule has 0 unspecified atom stereocenters. The van der Waals surface area contributed by atoms with E-state index in [1.165, 1.54) is 12.3 Å². The van der Waals surface area contributed by atoms with Crippen LogP contribution < -0.4 is 0 Å². The largest absolute Gasteiger partial charge is 0.451 e. The van der Waals surface area contributed by atoms with Crippen LogP contribution in [0.5, 0.6) is 0 Å². The zero-order valence-electron chi connectivity index (χ0n) is 19.3. The van der Waals surface area contributed by atoms with Gasteiger partial charge in [0.05, 0.1) is 21.7 Å². The Morgan fingerprint density at radius 2 is 1.71 bits per heavy atom. The maximum Gasteiger partial charge on any atom is 0.451 e. The molecule has 3 aliphatic rings. The van der Waals surface area contributed by atoms with Gasteiger partial charge in [-0.3, -0.25) is 9.78 Å². The van der Waals surface area contributed by atoms with E-state index in [1.54, 1.807) is 0 Å². The van der Waals surface area contributed by atoms with Crippen LogP contribution in [0, 0.1) is 17.6 Å². The van der Waals surface area contributed by atoms with E-state index in [0.717, 1.165) is 28.8 Å². The van der Waals surface area contributed by atoms with Crippen LogP contribution in [-0.2, 0) is 27.4 Å². The van der Waals surface area contributed by atoms with E-state index in [-0.39, 0.29) is 40.8 Å². The van der Waals surface area contributed by atoms with Crippen molar-refractivity contribution in [3.63, 3.8) is 0 Å². The summed E-state index contributed by atoms with van der Waals surface area (Å²) in [5.74, 6) is -4.31. The topological polar surface area (TPSA) is 93.1 Å². The van der Waals surface area contributed by atoms with Crippen molar-refractivity contribution >= 4 is 27.4 Å². The van der Waals surface area contributed by atoms with Crippen molar-refractivity contribution in [3.05, 3.63) is 70.9 Å². The fourth-order valence-corrected chi connectivity index (χ4v) is 6.97. The molecule has 14 heteroatoms. The maximum absolute atomic E-state index is 13.7. The van der Waals surface area contributed by atoms with Crippen molar-refractivity contribution in [3.8, 4) is 11.3 Å². The van der Waals surface area contributed by atoms with E-state index in [0.29, 0.717) is 24.5 Å². The molecule has 1 saturated carbocycles. The molecule has 0 spiro atoms. The van der Waals surface area contributed by atoms with Gasteiger partial charge < -0.3 is 0 Å². The first-order valence-corrected chi connectivity index (χ1v) is 13.2. The first kappa shape index (κ1) is 26.6. The zero-order chi connectivity index (χ0) is 27.4. The Labute approximate surface area is 218 Å². The van der Waals surface area contributed by atoms with Gasteiger partial charge in [-0.05, 0) is 55.0 Å². The molecule has 7 nitrogen and oxygen atoms in total. The van der Waals surface area contributed by atoms with Gasteiger partial charge in [0.25, 0.3) is 0 Å². The summed E-state index contributed by atoms with van der Waals surface area (Å²) >= 11 is 6.23. The van der Waals surface area contributed by atoms with Gasteiger partial charge in [0, 0.05) is 36.6 Å². The minimum absolute atomic E-state index is 0.0790. The monoisotopic (exact) mass is 572 g/mol. The molecule has 2 bridgehead atoms. The van der Waals surface area contributed by atoms with E-state index in [9.17, 15) is 35.2 Å². The predicted molar refractivity (Wildman–Crippen MR) is 124 cm³/mol. The number of rotatable bonds is 7. The third kappa shape index (κ3) is 4.78. The van der Waals surface area contributed by atoms with E-state index in [1.807, 2.05) is 0 Å². The summed E-state index contributed by atoms with van der Waals surface area (Å²) in [4.78, 5) is 23.5. The first-order valence-electron chi connectivity index (χ1n) is 11.4. The second-order valence-corrected chi connectivity index (χ2v) is 11.4. The number of aromatic nitrogens is 3. The van der Waals surface area contributed by atoms with E-state index < -0.39 is 50.6 Å². The van der Waals surface area contributed by atoms with Gasteiger partial charge in [-0.15, -0.1) is 0 Å². The molecule has 0 N–H and O–H groups in total. The lowest BCUT2D eigenvalue weighted by Gasteiger charge is -2.25. The molecule has 2 saturated heterocycles. The van der Waals surface area contributed by atoms with Gasteiger partial charge in [-0.1, -0.05) is 11.6 Å². The number of hydrogen-bond donors (Lipinski definition) is 0. The van der Waals surface area contributed by atoms with Crippen molar-refractivity contribution in [1.82, 2.24) is 19.3 Å². The number of Topliss-reactive ketones (excluding diaryl/α,β-unsaturated/α-hetero) is 1. The van der Waals surface area contributed by atoms with Crippen molar-refractivity contribution in [2.75, 3.05) is 0 Å². The average molecular weight is 573 g/mol. The first-order chi connectivity index (χ1) is 17.9. The number of carbonyl (C=O) groups excluding carboxylic acids is 1. The van der Waals surface area contributed by atoms with E-state index in [2.05, 4.69) is 15.0 Å². The number of ketones is 1. The summed E-state index contributed by atoms with van der Waals surface area (Å²) in [5.41, 5.74) is 0.934. The summed E-state index contributed by atoms with van der Waals surface area (Å²) in [6.45, 7) is 0. The Morgan fingerprint density at radius 3 is 2.34 bits per heavy atom. The van der Waals surface area contributed by atoms with Gasteiger partial charge in [0.1, 0.15) is 0 Å². The van der Waals surface area contributed by atoms with Gasteiger partial charge in [0.15, 0.2) is 17.4 Å². The summed E-state index contributed by atoms with van der Waals surface area (Å²) in [6, 6.07) is 2.46. The Bertz CT molecular complexity index is 1510. The smallest absolute Gasteiger partial charge is 0.298 e. The molecule has 1 aliphatic carbocycles. The van der Waals surface area contributed by atoms with Crippen molar-refractivity contribution in [2.24, 2.45) is 5.92 Å². The molecule has 1 aromatic carbocycles. The quantitative estimate of drug-likeness (QED) is 0.376. The highest BCUT2D eigenvalue weighted by Crippen LogP contribution is 2.49. The highest BCUT2D eigenvalue weighted by molar-refractivity contribution is 7.89. The minimum Gasteiger partial charge on any atom is -0.298 e. The molecule has 200 valence electrons. The molecule has 3 aromatic rings. The molecule has 0 amide bonds. The number of fused-ring (bicyclic) bond motifs is 1. The molecule has 2 aromatic heterocycles. The highest BCUT2D eigenvalue weighted by Gasteiger charge is 2.58. The average Bonchev–Trinajstić information content (AvgIpc) is 3.42. The van der Waals surface area contributed by atoms with Crippen molar-refractivity contribution in [1.29, 1.82) is 0 Å². The van der Waals surface area contributed by atoms with E-state index in [4.69, 9.17) is 11.6 Å². The van der Waals surface area contributed by atoms with Crippen LogP contribution in [0.15, 0.2) is 47.8 Å². The standard InChI is InChI=1S/C24H18ClF5N4O3S/c25-17-11-31-20(14-9-32-23(33-10-14)24(28,29)30)7-12(17)1-4-21(35)22-13-5-15(6-13)34(22)38(36,37)16-2-3-18(26)19(27)8-16/h2-3,7-11,13,15,22H,1,4-6H2/t13?,15?,22-/m0/s1. The Morgan fingerprint density at radius 1 is 1.03 bits per heavy atom. The van der Waals surface area contributed by atoms with Crippen LogP contribution in [-0.4, -0.2) is 45.5 Å². The number of aryl methyl sites for hydroxylation is 1. The number of alkyl halides is 3. The number of benzene rings is 1. The van der Waals surface area contributed by atoms with Crippen LogP contribution in [0.1, 0.15) is 30.7 Å². The molecule has 6 rings (SSSR count). The normalized spacial score (nSPS) is 21.4. The summed E-state index contributed by atoms with van der Waals surface area (Å²) in [7, 11) is -4.25. The Hall–Kier alpha value is -3.03. The van der Waals surface area contributed by atoms with Gasteiger partial charge >= 0.3 is 6.18 Å². The number of nitrogens with zero attached hydrogens (tertiary/aromatic N) is 4. The molecule has 3 fully saturated rings. The van der Waals surface area contributed by atoms with E-state index >= 15 is 0 Å². The van der Waals surface area contributed by atoms with Gasteiger partial charge in [-0.25, -0.2) is 27.2 Å². The van der Waals surface area contributed by atoms with Crippen LogP contribution in [0.3, 0.4) is 0 Å². The van der Waals surface area contributed by atoms with Gasteiger partial charge in [0.2, 0.25) is 15.8 Å². The molecule has 1 atom stereocenters. The minimum atomic E-state index is -4.69. The van der Waals surface area contributed by atoms with Gasteiger partial charge in [-0.2, -0.15) is 17.5 Å². The fraction of sp³-hybridized carbons (Fsp3) is 0.333. The lowest BCUT2D eigenvalue weighted by atomic mass is 9.81. The number of pyridine rings is 1. The number of sulfonamides is 1. The summed E-state index contributed by atoms with van der Waals surface area (Å²) in [6.07, 6.45) is -0.417. The Balaban J connectivity index is 1.33. The van der Waals surface area contributed by atoms with Crippen molar-refractivity contribution < 1.29 is 35.2 Å². The SMILES string of the molecule is O=C(CCc1cc(-c2cnc(C(F)(F)F)nc2)ncc1Cl)[C@@H]1C2CC(C2)N1S(=O)(=O)c1ccc(F)c(F)c1. The molecule has 2 aliphatic heterocycles. The lowest BCUT2D eigenvalue weighted by molar-refractivity contribution is -0.145. The van der Waals surface area contributed by atoms with Crippen LogP contribution >= 0.6 is 11.6 Å². The zero-order valence-corrected chi connectivity index (χ0v) is 20.9. The third-order valence-electron chi connectivity index (χ3n) is 6.80. The Kier molecular flexibility index (Phi) is 6.72. The van der Waals surface area contributed by atoms with Crippen molar-refractivity contribution in [2.45, 2.75) is 48.8 Å². The number of carbonyl (C=O) groups is 1. The summed E-state index contributed by atoms with van der Waals surface area (Å²) < 4.78 is 92.9. The second-order valence-electron chi connectivity index (χ2n) is 9.16. The molecule has 0 radical (unpaired) electrons. The summed E-state index contributed by atoms with van der Waals surface area (Å²) in [5, 5.41) is 0.219. The molecular weight excluding hydrogens is 555 g/mol. The lowest BCUT2D eigenvalue weighted by Crippen LogP contribution is -2.41. The second kappa shape index (κ2) is 9.62. The number of hydrogen-bond acceptors (Lipinski definition) is 6.